The van der Waals surface area contributed by atoms with Gasteiger partial charge in [0.05, 0.1) is 12.2 Å². The number of carbonyl (C=O) groups is 2. The Hall–Kier alpha value is -3.07. The maximum Gasteiger partial charge on any atom is 0.238 e. The van der Waals surface area contributed by atoms with E-state index in [1.165, 1.54) is 12.1 Å². The first-order chi connectivity index (χ1) is 15.4. The monoisotopic (exact) mass is 440 g/mol. The van der Waals surface area contributed by atoms with Crippen LogP contribution in [0.25, 0.3) is 0 Å². The smallest absolute Gasteiger partial charge is 0.238 e. The predicted molar refractivity (Wildman–Crippen MR) is 120 cm³/mol. The summed E-state index contributed by atoms with van der Waals surface area (Å²) in [6, 6.07) is 5.75. The summed E-state index contributed by atoms with van der Waals surface area (Å²) in [4.78, 5) is 37.7. The number of carbonyl (C=O) groups excluding carboxylic acids is 2. The Labute approximate surface area is 187 Å². The van der Waals surface area contributed by atoms with Crippen LogP contribution < -0.4 is 10.6 Å². The SMILES string of the molecule is CNc1nc(C2CCN(C(C)=O)CC2)nc2c1CCN(CC(=O)Nc1ccc(F)cc1)C2. The van der Waals surface area contributed by atoms with Gasteiger partial charge in [-0.05, 0) is 43.5 Å². The molecular formula is C23H29FN6O2. The van der Waals surface area contributed by atoms with Gasteiger partial charge in [0.15, 0.2) is 0 Å². The first-order valence-corrected chi connectivity index (χ1v) is 11.0. The summed E-state index contributed by atoms with van der Waals surface area (Å²) in [5.41, 5.74) is 2.63. The minimum atomic E-state index is -0.335. The number of hydrogen-bond acceptors (Lipinski definition) is 6. The van der Waals surface area contributed by atoms with Crippen molar-refractivity contribution in [3.05, 3.63) is 47.2 Å². The number of benzene rings is 1. The standard InChI is InChI=1S/C23H29FN6O2/c1-15(31)30-11-7-16(8-12-30)22-27-20-13-29(10-9-19(20)23(25-2)28-22)14-21(32)26-18-5-3-17(24)4-6-18/h3-6,16H,7-14H2,1-2H3,(H,26,32)(H,25,27,28). The van der Waals surface area contributed by atoms with Gasteiger partial charge in [0.1, 0.15) is 17.5 Å². The van der Waals surface area contributed by atoms with Gasteiger partial charge in [-0.1, -0.05) is 0 Å². The van der Waals surface area contributed by atoms with Crippen LogP contribution >= 0.6 is 0 Å². The van der Waals surface area contributed by atoms with Gasteiger partial charge in [0.2, 0.25) is 11.8 Å². The summed E-state index contributed by atoms with van der Waals surface area (Å²) in [6.45, 7) is 4.61. The number of piperidine rings is 1. The Kier molecular flexibility index (Phi) is 6.64. The van der Waals surface area contributed by atoms with Gasteiger partial charge in [-0.15, -0.1) is 0 Å². The van der Waals surface area contributed by atoms with Crippen molar-refractivity contribution < 1.29 is 14.0 Å². The number of aromatic nitrogens is 2. The molecule has 0 atom stereocenters. The number of nitrogens with zero attached hydrogens (tertiary/aromatic N) is 4. The molecule has 8 nitrogen and oxygen atoms in total. The summed E-state index contributed by atoms with van der Waals surface area (Å²) in [5.74, 6) is 1.53. The van der Waals surface area contributed by atoms with Crippen LogP contribution in [0.2, 0.25) is 0 Å². The number of hydrogen-bond donors (Lipinski definition) is 2. The highest BCUT2D eigenvalue weighted by Gasteiger charge is 2.28. The van der Waals surface area contributed by atoms with Crippen molar-refractivity contribution in [2.24, 2.45) is 0 Å². The Bertz CT molecular complexity index is 989. The molecule has 1 saturated heterocycles. The quantitative estimate of drug-likeness (QED) is 0.742. The fourth-order valence-electron chi connectivity index (χ4n) is 4.42. The fourth-order valence-corrected chi connectivity index (χ4v) is 4.42. The molecule has 1 aromatic carbocycles. The second kappa shape index (κ2) is 9.60. The van der Waals surface area contributed by atoms with E-state index in [9.17, 15) is 14.0 Å². The molecule has 0 bridgehead atoms. The molecule has 2 aliphatic heterocycles. The summed E-state index contributed by atoms with van der Waals surface area (Å²) < 4.78 is 13.1. The topological polar surface area (TPSA) is 90.5 Å². The molecule has 2 amide bonds. The lowest BCUT2D eigenvalue weighted by Crippen LogP contribution is -2.39. The van der Waals surface area contributed by atoms with Gasteiger partial charge in [0, 0.05) is 57.3 Å². The van der Waals surface area contributed by atoms with Crippen LogP contribution in [0.1, 0.15) is 42.8 Å². The number of fused-ring (bicyclic) bond motifs is 1. The Morgan fingerprint density at radius 3 is 2.50 bits per heavy atom. The molecule has 0 unspecified atom stereocenters. The lowest BCUT2D eigenvalue weighted by Gasteiger charge is -2.32. The molecule has 2 aliphatic rings. The highest BCUT2D eigenvalue weighted by atomic mass is 19.1. The van der Waals surface area contributed by atoms with Crippen molar-refractivity contribution in [3.8, 4) is 0 Å². The summed E-state index contributed by atoms with van der Waals surface area (Å²) in [6.07, 6.45) is 2.47. The molecule has 1 fully saturated rings. The minimum Gasteiger partial charge on any atom is -0.373 e. The molecular weight excluding hydrogens is 411 g/mol. The van der Waals surface area contributed by atoms with Crippen molar-refractivity contribution >= 4 is 23.3 Å². The van der Waals surface area contributed by atoms with E-state index in [4.69, 9.17) is 9.97 Å². The third-order valence-electron chi connectivity index (χ3n) is 6.20. The third-order valence-corrected chi connectivity index (χ3v) is 6.20. The lowest BCUT2D eigenvalue weighted by atomic mass is 9.95. The largest absolute Gasteiger partial charge is 0.373 e. The Balaban J connectivity index is 1.43. The number of halogens is 1. The molecule has 0 saturated carbocycles. The molecule has 32 heavy (non-hydrogen) atoms. The zero-order chi connectivity index (χ0) is 22.7. The molecule has 0 spiro atoms. The molecule has 0 aliphatic carbocycles. The van der Waals surface area contributed by atoms with Crippen molar-refractivity contribution in [1.82, 2.24) is 19.8 Å². The van der Waals surface area contributed by atoms with Crippen molar-refractivity contribution in [3.63, 3.8) is 0 Å². The predicted octanol–water partition coefficient (Wildman–Crippen LogP) is 2.38. The van der Waals surface area contributed by atoms with Gasteiger partial charge in [0.25, 0.3) is 0 Å². The molecule has 170 valence electrons. The minimum absolute atomic E-state index is 0.111. The highest BCUT2D eigenvalue weighted by Crippen LogP contribution is 2.30. The van der Waals surface area contributed by atoms with Crippen LogP contribution in [0, 0.1) is 5.82 Å². The average molecular weight is 441 g/mol. The van der Waals surface area contributed by atoms with E-state index in [2.05, 4.69) is 15.5 Å². The van der Waals surface area contributed by atoms with Gasteiger partial charge in [-0.25, -0.2) is 14.4 Å². The zero-order valence-electron chi connectivity index (χ0n) is 18.5. The molecule has 2 aromatic rings. The maximum absolute atomic E-state index is 13.1. The zero-order valence-corrected chi connectivity index (χ0v) is 18.5. The highest BCUT2D eigenvalue weighted by molar-refractivity contribution is 5.92. The van der Waals surface area contributed by atoms with E-state index in [-0.39, 0.29) is 30.1 Å². The molecule has 9 heteroatoms. The molecule has 4 rings (SSSR count). The van der Waals surface area contributed by atoms with Crippen LogP contribution in [0.5, 0.6) is 0 Å². The normalized spacial score (nSPS) is 17.0. The summed E-state index contributed by atoms with van der Waals surface area (Å²) in [5, 5.41) is 6.03. The summed E-state index contributed by atoms with van der Waals surface area (Å²) >= 11 is 0. The van der Waals surface area contributed by atoms with Gasteiger partial charge in [-0.3, -0.25) is 14.5 Å². The number of amides is 2. The average Bonchev–Trinajstić information content (AvgIpc) is 2.79. The number of nitrogens with one attached hydrogen (secondary N) is 2. The van der Waals surface area contributed by atoms with Crippen LogP contribution in [0.4, 0.5) is 15.9 Å². The van der Waals surface area contributed by atoms with E-state index in [1.807, 2.05) is 11.9 Å². The lowest BCUT2D eigenvalue weighted by molar-refractivity contribution is -0.129. The van der Waals surface area contributed by atoms with Gasteiger partial charge < -0.3 is 15.5 Å². The Morgan fingerprint density at radius 1 is 1.12 bits per heavy atom. The second-order valence-electron chi connectivity index (χ2n) is 8.40. The maximum atomic E-state index is 13.1. The number of rotatable bonds is 5. The van der Waals surface area contributed by atoms with Crippen LogP contribution in [-0.4, -0.2) is 64.8 Å². The van der Waals surface area contributed by atoms with Crippen molar-refractivity contribution in [1.29, 1.82) is 0 Å². The van der Waals surface area contributed by atoms with E-state index >= 15 is 0 Å². The third kappa shape index (κ3) is 5.04. The van der Waals surface area contributed by atoms with Crippen molar-refractivity contribution in [2.45, 2.75) is 38.6 Å². The van der Waals surface area contributed by atoms with Crippen molar-refractivity contribution in [2.75, 3.05) is 43.9 Å². The first-order valence-electron chi connectivity index (χ1n) is 11.0. The first kappa shape index (κ1) is 22.1. The number of anilines is 2. The number of likely N-dealkylation sites (tertiary alicyclic amines) is 1. The molecule has 3 heterocycles. The molecule has 0 radical (unpaired) electrons. The van der Waals surface area contributed by atoms with E-state index in [1.54, 1.807) is 19.1 Å². The Morgan fingerprint density at radius 2 is 1.84 bits per heavy atom. The summed E-state index contributed by atoms with van der Waals surface area (Å²) in [7, 11) is 1.87. The van der Waals surface area contributed by atoms with Crippen LogP contribution in [-0.2, 0) is 22.6 Å². The molecule has 2 N–H and O–H groups in total. The van der Waals surface area contributed by atoms with Crippen LogP contribution in [0.15, 0.2) is 24.3 Å². The van der Waals surface area contributed by atoms with E-state index in [0.717, 1.165) is 61.8 Å². The van der Waals surface area contributed by atoms with Gasteiger partial charge >= 0.3 is 0 Å². The van der Waals surface area contributed by atoms with E-state index in [0.29, 0.717) is 12.2 Å². The fraction of sp³-hybridized carbons (Fsp3) is 0.478. The van der Waals surface area contributed by atoms with Gasteiger partial charge in [-0.2, -0.15) is 0 Å². The molecule has 1 aromatic heterocycles. The second-order valence-corrected chi connectivity index (χ2v) is 8.40. The van der Waals surface area contributed by atoms with E-state index < -0.39 is 0 Å². The van der Waals surface area contributed by atoms with Crippen LogP contribution in [0.3, 0.4) is 0 Å².